The summed E-state index contributed by atoms with van der Waals surface area (Å²) in [6.07, 6.45) is 7.85. The quantitative estimate of drug-likeness (QED) is 0.601. The van der Waals surface area contributed by atoms with E-state index in [4.69, 9.17) is 15.3 Å². The van der Waals surface area contributed by atoms with Crippen LogP contribution in [0.5, 0.6) is 5.75 Å². The molecule has 0 fully saturated rings. The number of ether oxygens (including phenoxy) is 1. The molecule has 1 heterocycles. The van der Waals surface area contributed by atoms with Gasteiger partial charge in [-0.3, -0.25) is 0 Å². The molecule has 5 heteroatoms. The van der Waals surface area contributed by atoms with E-state index >= 15 is 0 Å². The van der Waals surface area contributed by atoms with Crippen LogP contribution in [-0.4, -0.2) is 16.2 Å². The summed E-state index contributed by atoms with van der Waals surface area (Å²) < 4.78 is 7.66. The highest BCUT2D eigenvalue weighted by atomic mass is 16.5. The minimum Gasteiger partial charge on any atom is -0.494 e. The zero-order valence-electron chi connectivity index (χ0n) is 11.4. The van der Waals surface area contributed by atoms with Gasteiger partial charge < -0.3 is 9.30 Å². The third kappa shape index (κ3) is 4.52. The molecular weight excluding hydrogens is 264 g/mol. The van der Waals surface area contributed by atoms with Gasteiger partial charge in [-0.25, -0.2) is 4.98 Å². The summed E-state index contributed by atoms with van der Waals surface area (Å²) in [6.45, 7) is 1.45. The number of benzene rings is 1. The van der Waals surface area contributed by atoms with Crippen LogP contribution in [-0.2, 0) is 6.54 Å². The Hall–Kier alpha value is -3.05. The number of aromatic nitrogens is 2. The van der Waals surface area contributed by atoms with Crippen molar-refractivity contribution in [2.75, 3.05) is 6.61 Å². The van der Waals surface area contributed by atoms with Gasteiger partial charge in [0.2, 0.25) is 0 Å². The number of allylic oxidation sites excluding steroid dienone is 1. The normalized spacial score (nSPS) is 9.43. The summed E-state index contributed by atoms with van der Waals surface area (Å²) in [4.78, 5) is 3.98. The molecule has 2 aromatic rings. The second kappa shape index (κ2) is 7.52. The number of imidazole rings is 1. The highest BCUT2D eigenvalue weighted by Gasteiger charge is 1.98. The molecule has 0 aliphatic rings. The first-order chi connectivity index (χ1) is 10.3. The first-order valence-electron chi connectivity index (χ1n) is 6.52. The van der Waals surface area contributed by atoms with Gasteiger partial charge in [-0.05, 0) is 30.2 Å². The first kappa shape index (κ1) is 14.4. The maximum Gasteiger partial charge on any atom is 0.130 e. The average molecular weight is 278 g/mol. The summed E-state index contributed by atoms with van der Waals surface area (Å²) >= 11 is 0. The second-order valence-corrected chi connectivity index (χ2v) is 4.36. The lowest BCUT2D eigenvalue weighted by Gasteiger charge is -2.07. The van der Waals surface area contributed by atoms with Crippen LogP contribution < -0.4 is 4.74 Å². The number of hydrogen-bond donors (Lipinski definition) is 0. The van der Waals surface area contributed by atoms with Gasteiger partial charge in [0.15, 0.2) is 0 Å². The van der Waals surface area contributed by atoms with E-state index < -0.39 is 0 Å². The largest absolute Gasteiger partial charge is 0.494 e. The van der Waals surface area contributed by atoms with E-state index in [1.54, 1.807) is 18.6 Å². The highest BCUT2D eigenvalue weighted by molar-refractivity contribution is 5.62. The Kier molecular flexibility index (Phi) is 5.14. The molecule has 0 spiro atoms. The summed E-state index contributed by atoms with van der Waals surface area (Å²) in [5, 5.41) is 17.5. The Morgan fingerprint density at radius 2 is 2.19 bits per heavy atom. The average Bonchev–Trinajstić information content (AvgIpc) is 3.03. The monoisotopic (exact) mass is 278 g/mol. The standard InChI is InChI=1S/C16H14N4O/c17-11-15(12-18)9-14-3-1-4-16(10-14)21-8-2-6-20-7-5-19-13-20/h1,3-5,7,9-10,13H,2,6,8H2. The number of nitrogens with zero attached hydrogens (tertiary/aromatic N) is 4. The molecule has 0 radical (unpaired) electrons. The third-order valence-corrected chi connectivity index (χ3v) is 2.80. The van der Waals surface area contributed by atoms with Crippen LogP contribution in [0.2, 0.25) is 0 Å². The van der Waals surface area contributed by atoms with Crippen molar-refractivity contribution in [2.24, 2.45) is 0 Å². The fourth-order valence-electron chi connectivity index (χ4n) is 1.81. The fraction of sp³-hybridized carbons (Fsp3) is 0.188. The molecule has 0 aliphatic heterocycles. The highest BCUT2D eigenvalue weighted by Crippen LogP contribution is 2.16. The van der Waals surface area contributed by atoms with E-state index in [0.29, 0.717) is 6.61 Å². The van der Waals surface area contributed by atoms with Crippen molar-refractivity contribution in [3.8, 4) is 17.9 Å². The van der Waals surface area contributed by atoms with Gasteiger partial charge in [0.05, 0.1) is 12.9 Å². The van der Waals surface area contributed by atoms with Crippen LogP contribution in [0, 0.1) is 22.7 Å². The summed E-state index contributed by atoms with van der Waals surface area (Å²) in [6, 6.07) is 11.0. The first-order valence-corrected chi connectivity index (χ1v) is 6.52. The van der Waals surface area contributed by atoms with E-state index in [1.165, 1.54) is 0 Å². The lowest BCUT2D eigenvalue weighted by Crippen LogP contribution is -2.03. The Bertz CT molecular complexity index is 674. The molecule has 2 rings (SSSR count). The van der Waals surface area contributed by atoms with Crippen LogP contribution in [0.15, 0.2) is 48.6 Å². The van der Waals surface area contributed by atoms with Crippen molar-refractivity contribution in [3.05, 3.63) is 54.1 Å². The van der Waals surface area contributed by atoms with Gasteiger partial charge in [-0.2, -0.15) is 10.5 Å². The summed E-state index contributed by atoms with van der Waals surface area (Å²) in [5.74, 6) is 0.726. The Balaban J connectivity index is 1.88. The molecule has 1 aromatic heterocycles. The van der Waals surface area contributed by atoms with Crippen molar-refractivity contribution >= 4 is 6.08 Å². The molecule has 104 valence electrons. The summed E-state index contributed by atoms with van der Waals surface area (Å²) in [5.41, 5.74) is 0.854. The molecular formula is C16H14N4O. The summed E-state index contributed by atoms with van der Waals surface area (Å²) in [7, 11) is 0. The van der Waals surface area contributed by atoms with E-state index in [1.807, 2.05) is 47.2 Å². The Morgan fingerprint density at radius 1 is 1.33 bits per heavy atom. The number of rotatable bonds is 6. The Morgan fingerprint density at radius 3 is 2.90 bits per heavy atom. The van der Waals surface area contributed by atoms with Gasteiger partial charge >= 0.3 is 0 Å². The predicted octanol–water partition coefficient (Wildman–Crippen LogP) is 2.78. The van der Waals surface area contributed by atoms with Gasteiger partial charge in [0.1, 0.15) is 23.5 Å². The van der Waals surface area contributed by atoms with Crippen LogP contribution in [0.25, 0.3) is 6.08 Å². The smallest absolute Gasteiger partial charge is 0.130 e. The number of aryl methyl sites for hydroxylation is 1. The molecule has 21 heavy (non-hydrogen) atoms. The van der Waals surface area contributed by atoms with Gasteiger partial charge in [-0.1, -0.05) is 12.1 Å². The van der Waals surface area contributed by atoms with E-state index in [-0.39, 0.29) is 5.57 Å². The predicted molar refractivity (Wildman–Crippen MR) is 78.0 cm³/mol. The topological polar surface area (TPSA) is 74.6 Å². The lowest BCUT2D eigenvalue weighted by atomic mass is 10.1. The van der Waals surface area contributed by atoms with Gasteiger partial charge in [0.25, 0.3) is 0 Å². The number of nitriles is 2. The zero-order chi connectivity index (χ0) is 14.9. The van der Waals surface area contributed by atoms with E-state index in [2.05, 4.69) is 4.98 Å². The van der Waals surface area contributed by atoms with Crippen LogP contribution in [0.4, 0.5) is 0 Å². The van der Waals surface area contributed by atoms with Crippen molar-refractivity contribution in [1.29, 1.82) is 10.5 Å². The van der Waals surface area contributed by atoms with Crippen molar-refractivity contribution in [2.45, 2.75) is 13.0 Å². The van der Waals surface area contributed by atoms with Crippen LogP contribution in [0.1, 0.15) is 12.0 Å². The van der Waals surface area contributed by atoms with Crippen molar-refractivity contribution in [3.63, 3.8) is 0 Å². The molecule has 5 nitrogen and oxygen atoms in total. The van der Waals surface area contributed by atoms with Crippen molar-refractivity contribution in [1.82, 2.24) is 9.55 Å². The van der Waals surface area contributed by atoms with E-state index in [0.717, 1.165) is 24.3 Å². The SMILES string of the molecule is N#CC(C#N)=Cc1cccc(OCCCn2ccnc2)c1. The molecule has 0 bridgehead atoms. The van der Waals surface area contributed by atoms with Gasteiger partial charge in [0, 0.05) is 18.9 Å². The minimum absolute atomic E-state index is 0.0762. The molecule has 0 unspecified atom stereocenters. The fourth-order valence-corrected chi connectivity index (χ4v) is 1.81. The molecule has 0 atom stereocenters. The molecule has 0 saturated heterocycles. The lowest BCUT2D eigenvalue weighted by molar-refractivity contribution is 0.301. The third-order valence-electron chi connectivity index (χ3n) is 2.80. The van der Waals surface area contributed by atoms with Gasteiger partial charge in [-0.15, -0.1) is 0 Å². The van der Waals surface area contributed by atoms with Crippen molar-refractivity contribution < 1.29 is 4.74 Å². The maximum absolute atomic E-state index is 8.74. The maximum atomic E-state index is 8.74. The van der Waals surface area contributed by atoms with Crippen LogP contribution >= 0.6 is 0 Å². The van der Waals surface area contributed by atoms with Crippen LogP contribution in [0.3, 0.4) is 0 Å². The molecule has 0 N–H and O–H groups in total. The molecule has 0 amide bonds. The molecule has 0 aliphatic carbocycles. The molecule has 1 aromatic carbocycles. The number of hydrogen-bond acceptors (Lipinski definition) is 4. The zero-order valence-corrected chi connectivity index (χ0v) is 11.4. The second-order valence-electron chi connectivity index (χ2n) is 4.36. The minimum atomic E-state index is 0.0762. The Labute approximate surface area is 123 Å². The molecule has 0 saturated carbocycles. The van der Waals surface area contributed by atoms with E-state index in [9.17, 15) is 0 Å².